The van der Waals surface area contributed by atoms with E-state index in [1.54, 1.807) is 29.0 Å². The van der Waals surface area contributed by atoms with Gasteiger partial charge in [-0.3, -0.25) is 14.3 Å². The van der Waals surface area contributed by atoms with Crippen LogP contribution in [-0.4, -0.2) is 67.3 Å². The fourth-order valence-corrected chi connectivity index (χ4v) is 6.25. The molecule has 0 radical (unpaired) electrons. The summed E-state index contributed by atoms with van der Waals surface area (Å²) in [5, 5.41) is 21.3. The van der Waals surface area contributed by atoms with Crippen molar-refractivity contribution in [3.63, 3.8) is 0 Å². The second kappa shape index (κ2) is 10.6. The van der Waals surface area contributed by atoms with Crippen LogP contribution in [0.4, 0.5) is 14.6 Å². The normalized spacial score (nSPS) is 17.8. The molecule has 0 aliphatic carbocycles. The first-order chi connectivity index (χ1) is 21.0. The largest absolute Gasteiger partial charge is 0.507 e. The van der Waals surface area contributed by atoms with Crippen molar-refractivity contribution in [2.24, 2.45) is 0 Å². The first-order valence-electron chi connectivity index (χ1n) is 14.2. The van der Waals surface area contributed by atoms with Crippen LogP contribution in [-0.2, 0) is 4.79 Å². The van der Waals surface area contributed by atoms with Crippen molar-refractivity contribution in [3.8, 4) is 34.1 Å². The number of hydrogen-bond acceptors (Lipinski definition) is 8. The molecule has 2 atom stereocenters. The van der Waals surface area contributed by atoms with E-state index < -0.39 is 51.7 Å². The van der Waals surface area contributed by atoms with Crippen molar-refractivity contribution in [3.05, 3.63) is 76.5 Å². The minimum Gasteiger partial charge on any atom is -0.507 e. The Morgan fingerprint density at radius 2 is 1.84 bits per heavy atom. The minimum atomic E-state index is -1.20. The van der Waals surface area contributed by atoms with E-state index in [4.69, 9.17) is 4.74 Å². The molecule has 228 valence electrons. The number of anilines is 1. The van der Waals surface area contributed by atoms with E-state index in [0.29, 0.717) is 11.3 Å². The number of halogens is 2. The number of phenolic OH excluding ortho intramolecular Hbond substituents is 2. The highest BCUT2D eigenvalue weighted by Crippen LogP contribution is 2.49. The number of aryl methyl sites for hydroxylation is 1. The van der Waals surface area contributed by atoms with Gasteiger partial charge in [0.05, 0.1) is 33.9 Å². The van der Waals surface area contributed by atoms with Gasteiger partial charge in [-0.25, -0.2) is 13.6 Å². The van der Waals surface area contributed by atoms with Gasteiger partial charge >= 0.3 is 5.69 Å². The number of carbonyl (C=O) groups excluding carboxylic acids is 1. The molecule has 0 saturated carbocycles. The van der Waals surface area contributed by atoms with Crippen LogP contribution in [0.1, 0.15) is 37.9 Å². The Labute approximate surface area is 251 Å². The molecule has 1 saturated heterocycles. The number of nitrogens with zero attached hydrogens (tertiary/aromatic N) is 5. The highest BCUT2D eigenvalue weighted by atomic mass is 19.1. The van der Waals surface area contributed by atoms with Crippen molar-refractivity contribution >= 4 is 22.6 Å². The molecule has 10 nitrogen and oxygen atoms in total. The number of piperazine rings is 1. The lowest BCUT2D eigenvalue weighted by molar-refractivity contribution is -0.129. The van der Waals surface area contributed by atoms with Gasteiger partial charge < -0.3 is 24.7 Å². The summed E-state index contributed by atoms with van der Waals surface area (Å²) in [5.74, 6) is -4.40. The quantitative estimate of drug-likeness (QED) is 0.326. The molecule has 0 spiro atoms. The molecule has 6 rings (SSSR count). The third-order valence-corrected chi connectivity index (χ3v) is 8.34. The Hall–Kier alpha value is -5.00. The Kier molecular flexibility index (Phi) is 7.02. The van der Waals surface area contributed by atoms with Gasteiger partial charge in [0, 0.05) is 25.3 Å². The summed E-state index contributed by atoms with van der Waals surface area (Å²) >= 11 is 0. The smallest absolute Gasteiger partial charge is 0.354 e. The average molecular weight is 604 g/mol. The van der Waals surface area contributed by atoms with E-state index in [-0.39, 0.29) is 60.0 Å². The molecule has 2 aliphatic heterocycles. The molecule has 2 aromatic heterocycles. The van der Waals surface area contributed by atoms with Gasteiger partial charge in [-0.15, -0.1) is 0 Å². The number of aromatic nitrogens is 3. The SMILES string of the molecule is C=CC(=O)N1CC2COc3c(F)c(-c4c(O)cccc4O)c(F)c4c3c(nc(=O)n4-c3c(C)ccnc3C(C)C)N2CC1C. The molecule has 0 bridgehead atoms. The first-order valence-corrected chi connectivity index (χ1v) is 14.2. The summed E-state index contributed by atoms with van der Waals surface area (Å²) < 4.78 is 40.9. The van der Waals surface area contributed by atoms with E-state index in [1.807, 2.05) is 20.8 Å². The second-order valence-electron chi connectivity index (χ2n) is 11.5. The molecule has 1 amide bonds. The molecule has 12 heteroatoms. The van der Waals surface area contributed by atoms with E-state index in [2.05, 4.69) is 16.5 Å². The highest BCUT2D eigenvalue weighted by Gasteiger charge is 2.41. The monoisotopic (exact) mass is 603 g/mol. The standard InChI is InChI=1S/C32H31F2N5O5/c1-6-21(42)37-13-18-14-44-30-24-29(25(33)23(26(30)34)22-19(40)8-7-9-20(22)41)39(28-16(4)10-11-35-27(28)15(2)3)32(43)36-31(24)38(18)12-17(37)5/h6-11,15,17-18,40-41H,1,12-14H2,2-5H3. The Morgan fingerprint density at radius 3 is 2.50 bits per heavy atom. The molecule has 2 aromatic carbocycles. The van der Waals surface area contributed by atoms with Crippen LogP contribution in [0.2, 0.25) is 0 Å². The van der Waals surface area contributed by atoms with E-state index >= 15 is 8.78 Å². The number of carbonyl (C=O) groups is 1. The molecule has 2 aliphatic rings. The van der Waals surface area contributed by atoms with Crippen LogP contribution in [0, 0.1) is 18.6 Å². The first kappa shape index (κ1) is 29.1. The highest BCUT2D eigenvalue weighted by molar-refractivity contribution is 6.01. The number of ether oxygens (including phenoxy) is 1. The molecular weight excluding hydrogens is 572 g/mol. The van der Waals surface area contributed by atoms with Crippen LogP contribution in [0.3, 0.4) is 0 Å². The fraction of sp³-hybridized carbons (Fsp3) is 0.312. The maximum atomic E-state index is 17.1. The van der Waals surface area contributed by atoms with Crippen LogP contribution < -0.4 is 15.3 Å². The molecule has 44 heavy (non-hydrogen) atoms. The van der Waals surface area contributed by atoms with Crippen LogP contribution in [0.5, 0.6) is 17.2 Å². The van der Waals surface area contributed by atoms with Gasteiger partial charge in [0.1, 0.15) is 29.4 Å². The van der Waals surface area contributed by atoms with Crippen LogP contribution in [0.25, 0.3) is 27.7 Å². The summed E-state index contributed by atoms with van der Waals surface area (Å²) in [6, 6.07) is 4.47. The number of fused-ring (bicyclic) bond motifs is 2. The van der Waals surface area contributed by atoms with Gasteiger partial charge in [-0.05, 0) is 49.6 Å². The third-order valence-electron chi connectivity index (χ3n) is 8.34. The predicted octanol–water partition coefficient (Wildman–Crippen LogP) is 4.55. The van der Waals surface area contributed by atoms with Crippen LogP contribution in [0.15, 0.2) is 47.9 Å². The molecule has 1 fully saturated rings. The zero-order valence-corrected chi connectivity index (χ0v) is 24.6. The van der Waals surface area contributed by atoms with Gasteiger partial charge in [-0.2, -0.15) is 4.98 Å². The van der Waals surface area contributed by atoms with Gasteiger partial charge in [0.15, 0.2) is 17.4 Å². The van der Waals surface area contributed by atoms with Crippen molar-refractivity contribution in [1.29, 1.82) is 0 Å². The number of benzene rings is 2. The fourth-order valence-electron chi connectivity index (χ4n) is 6.25. The summed E-state index contributed by atoms with van der Waals surface area (Å²) in [6.45, 7) is 11.1. The molecule has 2 N–H and O–H groups in total. The zero-order chi connectivity index (χ0) is 31.6. The van der Waals surface area contributed by atoms with Gasteiger partial charge in [-0.1, -0.05) is 26.5 Å². The molecule has 4 aromatic rings. The summed E-state index contributed by atoms with van der Waals surface area (Å²) in [7, 11) is 0. The second-order valence-corrected chi connectivity index (χ2v) is 11.5. The summed E-state index contributed by atoms with van der Waals surface area (Å²) in [5.41, 5.74) is -1.08. The van der Waals surface area contributed by atoms with E-state index in [0.717, 1.165) is 4.57 Å². The topological polar surface area (TPSA) is 121 Å². The van der Waals surface area contributed by atoms with Gasteiger partial charge in [0.2, 0.25) is 5.91 Å². The molecular formula is C32H31F2N5O5. The maximum Gasteiger partial charge on any atom is 0.354 e. The maximum absolute atomic E-state index is 17.1. The number of hydrogen-bond donors (Lipinski definition) is 2. The van der Waals surface area contributed by atoms with Crippen LogP contribution >= 0.6 is 0 Å². The van der Waals surface area contributed by atoms with Crippen molar-refractivity contribution < 1.29 is 28.5 Å². The Bertz CT molecular complexity index is 1900. The number of rotatable bonds is 4. The summed E-state index contributed by atoms with van der Waals surface area (Å²) in [4.78, 5) is 38.9. The molecule has 4 heterocycles. The minimum absolute atomic E-state index is 0.00907. The number of amides is 1. The van der Waals surface area contributed by atoms with Crippen molar-refractivity contribution in [1.82, 2.24) is 19.4 Å². The Balaban J connectivity index is 1.77. The number of phenols is 2. The number of pyridine rings is 1. The molecule has 2 unspecified atom stereocenters. The van der Waals surface area contributed by atoms with Gasteiger partial charge in [0.25, 0.3) is 0 Å². The lowest BCUT2D eigenvalue weighted by Gasteiger charge is -2.44. The lowest BCUT2D eigenvalue weighted by Crippen LogP contribution is -2.60. The predicted molar refractivity (Wildman–Crippen MR) is 161 cm³/mol. The summed E-state index contributed by atoms with van der Waals surface area (Å²) in [6.07, 6.45) is 2.79. The van der Waals surface area contributed by atoms with Crippen molar-refractivity contribution in [2.75, 3.05) is 24.6 Å². The third kappa shape index (κ3) is 4.27. The Morgan fingerprint density at radius 1 is 1.14 bits per heavy atom. The van der Waals surface area contributed by atoms with E-state index in [1.165, 1.54) is 24.3 Å². The van der Waals surface area contributed by atoms with Crippen molar-refractivity contribution in [2.45, 2.75) is 45.7 Å². The zero-order valence-electron chi connectivity index (χ0n) is 24.6. The lowest BCUT2D eigenvalue weighted by atomic mass is 9.98. The average Bonchev–Trinajstić information content (AvgIpc) is 3.13. The van der Waals surface area contributed by atoms with E-state index in [9.17, 15) is 19.8 Å². The number of aromatic hydroxyl groups is 2.